The summed E-state index contributed by atoms with van der Waals surface area (Å²) in [5.41, 5.74) is 3.62. The van der Waals surface area contributed by atoms with Crippen LogP contribution in [0.5, 0.6) is 0 Å². The number of anilines is 1. The molecule has 0 saturated carbocycles. The first-order valence-electron chi connectivity index (χ1n) is 5.82. The van der Waals surface area contributed by atoms with Gasteiger partial charge in [-0.05, 0) is 30.7 Å². The van der Waals surface area contributed by atoms with Crippen LogP contribution >= 0.6 is 22.9 Å². The number of benzene rings is 1. The lowest BCUT2D eigenvalue weighted by atomic mass is 10.1. The quantitative estimate of drug-likeness (QED) is 0.737. The average molecular weight is 288 g/mol. The first-order valence-corrected chi connectivity index (χ1v) is 7.02. The highest BCUT2D eigenvalue weighted by Gasteiger charge is 2.16. The molecule has 1 amide bonds. The van der Waals surface area contributed by atoms with Gasteiger partial charge in [0.2, 0.25) is 5.91 Å². The first kappa shape index (κ1) is 12.3. The van der Waals surface area contributed by atoms with E-state index in [1.54, 1.807) is 0 Å². The monoisotopic (exact) mass is 287 g/mol. The summed E-state index contributed by atoms with van der Waals surface area (Å²) in [7, 11) is 0. The maximum Gasteiger partial charge on any atom is 0.228 e. The third-order valence-corrected chi connectivity index (χ3v) is 4.16. The molecule has 2 heterocycles. The SMILES string of the molecule is Cc1cc(C#Cc2ccc3c(c2)NC(=O)C3)c(Cl)s1. The third-order valence-electron chi connectivity index (χ3n) is 2.89. The minimum absolute atomic E-state index is 0.0385. The van der Waals surface area contributed by atoms with Crippen molar-refractivity contribution in [2.45, 2.75) is 13.3 Å². The summed E-state index contributed by atoms with van der Waals surface area (Å²) >= 11 is 7.61. The number of carbonyl (C=O) groups excluding carboxylic acids is 1. The zero-order valence-corrected chi connectivity index (χ0v) is 11.8. The molecule has 3 rings (SSSR count). The second-order valence-corrected chi connectivity index (χ2v) is 6.25. The molecule has 0 atom stereocenters. The van der Waals surface area contributed by atoms with Crippen molar-refractivity contribution in [2.75, 3.05) is 5.32 Å². The van der Waals surface area contributed by atoms with Gasteiger partial charge < -0.3 is 5.32 Å². The third kappa shape index (κ3) is 2.51. The van der Waals surface area contributed by atoms with Gasteiger partial charge in [0.05, 0.1) is 12.0 Å². The molecule has 2 nitrogen and oxygen atoms in total. The molecule has 19 heavy (non-hydrogen) atoms. The summed E-state index contributed by atoms with van der Waals surface area (Å²) in [6.45, 7) is 2.01. The van der Waals surface area contributed by atoms with Crippen molar-refractivity contribution >= 4 is 34.5 Å². The van der Waals surface area contributed by atoms with Crippen molar-refractivity contribution in [3.05, 3.63) is 50.2 Å². The van der Waals surface area contributed by atoms with Crippen molar-refractivity contribution in [2.24, 2.45) is 0 Å². The molecular weight excluding hydrogens is 278 g/mol. The number of nitrogens with one attached hydrogen (secondary N) is 1. The van der Waals surface area contributed by atoms with Crippen LogP contribution in [0.15, 0.2) is 24.3 Å². The smallest absolute Gasteiger partial charge is 0.228 e. The van der Waals surface area contributed by atoms with Crippen LogP contribution in [0, 0.1) is 18.8 Å². The summed E-state index contributed by atoms with van der Waals surface area (Å²) < 4.78 is 0.722. The van der Waals surface area contributed by atoms with Crippen molar-refractivity contribution in [3.63, 3.8) is 0 Å². The largest absolute Gasteiger partial charge is 0.325 e. The van der Waals surface area contributed by atoms with Crippen LogP contribution in [0.25, 0.3) is 0 Å². The Morgan fingerprint density at radius 2 is 2.16 bits per heavy atom. The Hall–Kier alpha value is -1.76. The van der Waals surface area contributed by atoms with E-state index in [2.05, 4.69) is 17.2 Å². The van der Waals surface area contributed by atoms with Crippen molar-refractivity contribution in [1.29, 1.82) is 0 Å². The topological polar surface area (TPSA) is 29.1 Å². The number of hydrogen-bond donors (Lipinski definition) is 1. The lowest BCUT2D eigenvalue weighted by Gasteiger charge is -1.98. The van der Waals surface area contributed by atoms with Gasteiger partial charge in [-0.3, -0.25) is 4.79 Å². The van der Waals surface area contributed by atoms with Gasteiger partial charge in [-0.2, -0.15) is 0 Å². The highest BCUT2D eigenvalue weighted by atomic mass is 35.5. The van der Waals surface area contributed by atoms with Gasteiger partial charge in [0.1, 0.15) is 4.34 Å². The zero-order valence-electron chi connectivity index (χ0n) is 10.2. The fourth-order valence-electron chi connectivity index (χ4n) is 2.00. The molecular formula is C15H10ClNOS. The van der Waals surface area contributed by atoms with Crippen LogP contribution < -0.4 is 5.32 Å². The van der Waals surface area contributed by atoms with Crippen LogP contribution in [-0.2, 0) is 11.2 Å². The van der Waals surface area contributed by atoms with Crippen LogP contribution in [0.4, 0.5) is 5.69 Å². The van der Waals surface area contributed by atoms with Gasteiger partial charge in [-0.25, -0.2) is 0 Å². The second kappa shape index (κ2) is 4.73. The molecule has 0 radical (unpaired) electrons. The van der Waals surface area contributed by atoms with Crippen LogP contribution in [0.1, 0.15) is 21.6 Å². The van der Waals surface area contributed by atoms with E-state index in [-0.39, 0.29) is 5.91 Å². The molecule has 0 spiro atoms. The van der Waals surface area contributed by atoms with E-state index in [1.165, 1.54) is 11.3 Å². The van der Waals surface area contributed by atoms with Crippen LogP contribution in [0.3, 0.4) is 0 Å². The lowest BCUT2D eigenvalue weighted by Crippen LogP contribution is -2.03. The molecule has 1 aliphatic heterocycles. The Morgan fingerprint density at radius 1 is 1.32 bits per heavy atom. The number of amides is 1. The van der Waals surface area contributed by atoms with Crippen molar-refractivity contribution < 1.29 is 4.79 Å². The van der Waals surface area contributed by atoms with Gasteiger partial charge in [-0.1, -0.05) is 29.5 Å². The molecule has 1 N–H and O–H groups in total. The maximum atomic E-state index is 11.3. The predicted molar refractivity (Wildman–Crippen MR) is 78.8 cm³/mol. The summed E-state index contributed by atoms with van der Waals surface area (Å²) in [5.74, 6) is 6.19. The summed E-state index contributed by atoms with van der Waals surface area (Å²) in [4.78, 5) is 12.4. The standard InChI is InChI=1S/C15H10ClNOS/c1-9-6-12(15(16)19-9)5-3-10-2-4-11-8-14(18)17-13(11)7-10/h2,4,6-7H,8H2,1H3,(H,17,18). The summed E-state index contributed by atoms with van der Waals surface area (Å²) in [5, 5.41) is 2.82. The first-order chi connectivity index (χ1) is 9.11. The number of hydrogen-bond acceptors (Lipinski definition) is 2. The van der Waals surface area contributed by atoms with E-state index in [0.29, 0.717) is 6.42 Å². The molecule has 1 aliphatic rings. The van der Waals surface area contributed by atoms with E-state index in [4.69, 9.17) is 11.6 Å². The van der Waals surface area contributed by atoms with Gasteiger partial charge in [-0.15, -0.1) is 11.3 Å². The Kier molecular flexibility index (Phi) is 3.06. The lowest BCUT2D eigenvalue weighted by molar-refractivity contribution is -0.115. The van der Waals surface area contributed by atoms with Crippen molar-refractivity contribution in [3.8, 4) is 11.8 Å². The number of thiophene rings is 1. The minimum Gasteiger partial charge on any atom is -0.325 e. The number of aryl methyl sites for hydroxylation is 1. The Balaban J connectivity index is 1.91. The minimum atomic E-state index is 0.0385. The van der Waals surface area contributed by atoms with Gasteiger partial charge in [0, 0.05) is 16.1 Å². The highest BCUT2D eigenvalue weighted by molar-refractivity contribution is 7.16. The van der Waals surface area contributed by atoms with Crippen molar-refractivity contribution in [1.82, 2.24) is 0 Å². The van der Waals surface area contributed by atoms with E-state index < -0.39 is 0 Å². The number of carbonyl (C=O) groups is 1. The van der Waals surface area contributed by atoms with Gasteiger partial charge in [0.25, 0.3) is 0 Å². The maximum absolute atomic E-state index is 11.3. The fourth-order valence-corrected chi connectivity index (χ4v) is 3.15. The fraction of sp³-hybridized carbons (Fsp3) is 0.133. The zero-order chi connectivity index (χ0) is 13.4. The Bertz CT molecular complexity index is 736. The van der Waals surface area contributed by atoms with Crippen LogP contribution in [0.2, 0.25) is 4.34 Å². The molecule has 1 aromatic carbocycles. The summed E-state index contributed by atoms with van der Waals surface area (Å²) in [6.07, 6.45) is 0.457. The van der Waals surface area contributed by atoms with E-state index in [1.807, 2.05) is 31.2 Å². The molecule has 0 bridgehead atoms. The molecule has 0 unspecified atom stereocenters. The summed E-state index contributed by atoms with van der Waals surface area (Å²) in [6, 6.07) is 7.76. The highest BCUT2D eigenvalue weighted by Crippen LogP contribution is 2.27. The number of rotatable bonds is 0. The van der Waals surface area contributed by atoms with Gasteiger partial charge in [0.15, 0.2) is 0 Å². The Labute approximate surface area is 120 Å². The van der Waals surface area contributed by atoms with E-state index >= 15 is 0 Å². The molecule has 94 valence electrons. The predicted octanol–water partition coefficient (Wildman–Crippen LogP) is 3.60. The normalized spacial score (nSPS) is 12.6. The van der Waals surface area contributed by atoms with Gasteiger partial charge >= 0.3 is 0 Å². The number of fused-ring (bicyclic) bond motifs is 1. The number of halogens is 1. The van der Waals surface area contributed by atoms with E-state index in [0.717, 1.165) is 31.6 Å². The molecule has 4 heteroatoms. The average Bonchev–Trinajstić information content (AvgIpc) is 2.87. The molecule has 0 saturated heterocycles. The van der Waals surface area contributed by atoms with E-state index in [9.17, 15) is 4.79 Å². The van der Waals surface area contributed by atoms with Crippen LogP contribution in [-0.4, -0.2) is 5.91 Å². The molecule has 0 aliphatic carbocycles. The Morgan fingerprint density at radius 3 is 2.89 bits per heavy atom. The second-order valence-electron chi connectivity index (χ2n) is 4.39. The molecule has 1 aromatic heterocycles. The molecule has 0 fully saturated rings. The molecule has 2 aromatic rings.